The molecule has 1 saturated carbocycles. The van der Waals surface area contributed by atoms with Crippen LogP contribution in [0.2, 0.25) is 0 Å². The van der Waals surface area contributed by atoms with Crippen molar-refractivity contribution in [1.29, 1.82) is 0 Å². The van der Waals surface area contributed by atoms with Gasteiger partial charge in [0.1, 0.15) is 34.6 Å². The number of nitrogens with zero attached hydrogens (tertiary/aromatic N) is 3. The first-order chi connectivity index (χ1) is 19.4. The number of phenolic OH excluding ortho intramolecular Hbond substituents is 1. The first-order valence-electron chi connectivity index (χ1n) is 14.3. The third-order valence-electron chi connectivity index (χ3n) is 7.47. The van der Waals surface area contributed by atoms with E-state index in [9.17, 15) is 24.3 Å². The van der Waals surface area contributed by atoms with E-state index in [1.165, 1.54) is 35.4 Å². The largest absolute Gasteiger partial charge is 0.508 e. The van der Waals surface area contributed by atoms with Crippen molar-refractivity contribution in [2.45, 2.75) is 83.4 Å². The van der Waals surface area contributed by atoms with Crippen molar-refractivity contribution in [1.82, 2.24) is 20.1 Å². The zero-order valence-electron chi connectivity index (χ0n) is 24.2. The number of amides is 3. The predicted molar refractivity (Wildman–Crippen MR) is 155 cm³/mol. The number of nitrogens with one attached hydrogen (secondary N) is 1. The SMILES string of the molecule is CN(CC(=O)NC(C(=O)N1CCCC1c1nc(C(=O)c2cccc(O)c2)cs1)C1CCCCC1)C(=O)OC(C)(C)C. The average Bonchev–Trinajstić information content (AvgIpc) is 3.60. The number of carbonyl (C=O) groups excluding carboxylic acids is 4. The number of phenols is 1. The maximum Gasteiger partial charge on any atom is 0.410 e. The maximum absolute atomic E-state index is 14.1. The standard InChI is InChI=1S/C30H40N4O6S/c1-30(2,3)40-29(39)33(4)17-24(36)32-25(19-10-6-5-7-11-19)28(38)34-15-9-14-23(34)27-31-22(18-41-27)26(37)20-12-8-13-21(35)16-20/h8,12-13,16,18-19,23,25,35H,5-7,9-11,14-15,17H2,1-4H3,(H,32,36). The number of carbonyl (C=O) groups is 4. The second kappa shape index (κ2) is 13.0. The Bertz CT molecular complexity index is 1270. The average molecular weight is 585 g/mol. The van der Waals surface area contributed by atoms with E-state index in [1.54, 1.807) is 43.2 Å². The van der Waals surface area contributed by atoms with Gasteiger partial charge in [-0.15, -0.1) is 11.3 Å². The Morgan fingerprint density at radius 2 is 1.88 bits per heavy atom. The van der Waals surface area contributed by atoms with E-state index >= 15 is 0 Å². The minimum atomic E-state index is -0.705. The number of aromatic nitrogens is 1. The Kier molecular flexibility index (Phi) is 9.68. The molecule has 0 bridgehead atoms. The normalized spacial score (nSPS) is 18.5. The van der Waals surface area contributed by atoms with Crippen LogP contribution in [0.25, 0.3) is 0 Å². The van der Waals surface area contributed by atoms with Gasteiger partial charge in [-0.25, -0.2) is 9.78 Å². The number of aromatic hydroxyl groups is 1. The van der Waals surface area contributed by atoms with E-state index in [1.807, 2.05) is 0 Å². The molecule has 222 valence electrons. The molecule has 41 heavy (non-hydrogen) atoms. The van der Waals surface area contributed by atoms with Crippen molar-refractivity contribution in [3.63, 3.8) is 0 Å². The summed E-state index contributed by atoms with van der Waals surface area (Å²) in [4.78, 5) is 60.1. The molecule has 2 atom stereocenters. The van der Waals surface area contributed by atoms with Gasteiger partial charge in [0.2, 0.25) is 17.6 Å². The lowest BCUT2D eigenvalue weighted by Gasteiger charge is -2.35. The van der Waals surface area contributed by atoms with Gasteiger partial charge in [-0.3, -0.25) is 14.4 Å². The van der Waals surface area contributed by atoms with Crippen LogP contribution in [0.5, 0.6) is 5.75 Å². The Hall–Kier alpha value is -3.47. The Labute approximate surface area is 245 Å². The van der Waals surface area contributed by atoms with Crippen LogP contribution in [-0.2, 0) is 14.3 Å². The van der Waals surface area contributed by atoms with Crippen LogP contribution in [0.1, 0.15) is 92.8 Å². The number of rotatable bonds is 8. The van der Waals surface area contributed by atoms with Crippen LogP contribution < -0.4 is 5.32 Å². The lowest BCUT2D eigenvalue weighted by Crippen LogP contribution is -2.54. The van der Waals surface area contributed by atoms with E-state index in [4.69, 9.17) is 4.74 Å². The highest BCUT2D eigenvalue weighted by molar-refractivity contribution is 7.10. The van der Waals surface area contributed by atoms with E-state index in [0.29, 0.717) is 23.5 Å². The van der Waals surface area contributed by atoms with Gasteiger partial charge >= 0.3 is 6.09 Å². The summed E-state index contributed by atoms with van der Waals surface area (Å²) in [5.41, 5.74) is -0.0639. The second-order valence-corrected chi connectivity index (χ2v) is 12.8. The lowest BCUT2D eigenvalue weighted by molar-refractivity contribution is -0.139. The number of hydrogen-bond acceptors (Lipinski definition) is 8. The van der Waals surface area contributed by atoms with Crippen molar-refractivity contribution in [2.24, 2.45) is 5.92 Å². The molecule has 1 aliphatic carbocycles. The third kappa shape index (κ3) is 7.84. The van der Waals surface area contributed by atoms with Crippen LogP contribution >= 0.6 is 11.3 Å². The number of benzene rings is 1. The van der Waals surface area contributed by atoms with Crippen LogP contribution in [-0.4, -0.2) is 75.4 Å². The molecule has 1 saturated heterocycles. The fraction of sp³-hybridized carbons (Fsp3) is 0.567. The molecule has 2 aliphatic rings. The van der Waals surface area contributed by atoms with Crippen molar-refractivity contribution in [2.75, 3.05) is 20.1 Å². The molecule has 2 heterocycles. The number of hydrogen-bond donors (Lipinski definition) is 2. The quantitative estimate of drug-likeness (QED) is 0.431. The van der Waals surface area contributed by atoms with Gasteiger partial charge in [0.15, 0.2) is 0 Å². The molecule has 0 spiro atoms. The minimum Gasteiger partial charge on any atom is -0.508 e. The van der Waals surface area contributed by atoms with Crippen molar-refractivity contribution < 1.29 is 29.0 Å². The molecule has 1 aromatic carbocycles. The summed E-state index contributed by atoms with van der Waals surface area (Å²) in [5, 5.41) is 15.1. The predicted octanol–water partition coefficient (Wildman–Crippen LogP) is 4.68. The minimum absolute atomic E-state index is 0.00644. The van der Waals surface area contributed by atoms with Gasteiger partial charge in [0.05, 0.1) is 6.04 Å². The van der Waals surface area contributed by atoms with Crippen molar-refractivity contribution >= 4 is 35.0 Å². The molecule has 2 fully saturated rings. The number of likely N-dealkylation sites (tertiary alicyclic amines) is 1. The Morgan fingerprint density at radius 3 is 2.56 bits per heavy atom. The smallest absolute Gasteiger partial charge is 0.410 e. The lowest BCUT2D eigenvalue weighted by atomic mass is 9.83. The van der Waals surface area contributed by atoms with E-state index in [-0.39, 0.29) is 41.6 Å². The fourth-order valence-corrected chi connectivity index (χ4v) is 6.44. The molecule has 1 aromatic heterocycles. The van der Waals surface area contributed by atoms with E-state index in [2.05, 4.69) is 10.3 Å². The second-order valence-electron chi connectivity index (χ2n) is 11.9. The number of likely N-dealkylation sites (N-methyl/N-ethyl adjacent to an activating group) is 1. The molecule has 2 unspecified atom stereocenters. The van der Waals surface area contributed by atoms with Gasteiger partial charge in [-0.2, -0.15) is 0 Å². The molecule has 4 rings (SSSR count). The zero-order chi connectivity index (χ0) is 29.7. The highest BCUT2D eigenvalue weighted by atomic mass is 32.1. The highest BCUT2D eigenvalue weighted by Gasteiger charge is 2.40. The van der Waals surface area contributed by atoms with Gasteiger partial charge in [0.25, 0.3) is 0 Å². The molecule has 3 amide bonds. The summed E-state index contributed by atoms with van der Waals surface area (Å²) in [5.74, 6) is -0.838. The van der Waals surface area contributed by atoms with Gasteiger partial charge in [-0.05, 0) is 64.5 Å². The summed E-state index contributed by atoms with van der Waals surface area (Å²) in [7, 11) is 1.50. The maximum atomic E-state index is 14.1. The van der Waals surface area contributed by atoms with Crippen LogP contribution in [0.3, 0.4) is 0 Å². The van der Waals surface area contributed by atoms with Crippen molar-refractivity contribution in [3.05, 3.63) is 45.9 Å². The molecule has 1 aliphatic heterocycles. The van der Waals surface area contributed by atoms with Gasteiger partial charge in [0, 0.05) is 24.5 Å². The first-order valence-corrected chi connectivity index (χ1v) is 15.1. The van der Waals surface area contributed by atoms with E-state index < -0.39 is 23.6 Å². The third-order valence-corrected chi connectivity index (χ3v) is 8.42. The van der Waals surface area contributed by atoms with Crippen LogP contribution in [0, 0.1) is 5.92 Å². The zero-order valence-corrected chi connectivity index (χ0v) is 25.0. The van der Waals surface area contributed by atoms with Gasteiger partial charge < -0.3 is 25.0 Å². The molecule has 2 aromatic rings. The van der Waals surface area contributed by atoms with Crippen LogP contribution in [0.4, 0.5) is 4.79 Å². The van der Waals surface area contributed by atoms with Gasteiger partial charge in [-0.1, -0.05) is 31.4 Å². The van der Waals surface area contributed by atoms with Crippen LogP contribution in [0.15, 0.2) is 29.6 Å². The fourth-order valence-electron chi connectivity index (χ4n) is 5.49. The number of ether oxygens (including phenoxy) is 1. The summed E-state index contributed by atoms with van der Waals surface area (Å²) in [6.45, 7) is 5.60. The summed E-state index contributed by atoms with van der Waals surface area (Å²) in [6.07, 6.45) is 5.69. The topological polar surface area (TPSA) is 129 Å². The molecular weight excluding hydrogens is 544 g/mol. The van der Waals surface area contributed by atoms with E-state index in [0.717, 1.165) is 38.5 Å². The molecule has 10 nitrogen and oxygen atoms in total. The number of thiazole rings is 1. The Balaban J connectivity index is 1.48. The first kappa shape index (κ1) is 30.5. The summed E-state index contributed by atoms with van der Waals surface area (Å²) >= 11 is 1.34. The molecule has 2 N–H and O–H groups in total. The summed E-state index contributed by atoms with van der Waals surface area (Å²) < 4.78 is 5.36. The number of ketones is 1. The molecular formula is C30H40N4O6S. The monoisotopic (exact) mass is 584 g/mol. The molecule has 0 radical (unpaired) electrons. The highest BCUT2D eigenvalue weighted by Crippen LogP contribution is 2.36. The Morgan fingerprint density at radius 1 is 1.15 bits per heavy atom. The summed E-state index contributed by atoms with van der Waals surface area (Å²) in [6, 6.07) is 5.16. The van der Waals surface area contributed by atoms with Crippen molar-refractivity contribution in [3.8, 4) is 5.75 Å². The molecule has 11 heteroatoms.